The van der Waals surface area contributed by atoms with Gasteiger partial charge in [-0.2, -0.15) is 0 Å². The second-order valence-corrected chi connectivity index (χ2v) is 8.98. The van der Waals surface area contributed by atoms with E-state index in [1.807, 2.05) is 65.4 Å². The molecule has 1 aliphatic carbocycles. The third kappa shape index (κ3) is 5.66. The first-order valence-electron chi connectivity index (χ1n) is 11.9. The van der Waals surface area contributed by atoms with E-state index < -0.39 is 0 Å². The number of aliphatic imine (C=N–C) groups is 1. The van der Waals surface area contributed by atoms with E-state index in [4.69, 9.17) is 10.5 Å². The summed E-state index contributed by atoms with van der Waals surface area (Å²) in [6.45, 7) is 0.417. The average Bonchev–Trinajstić information content (AvgIpc) is 2.85. The van der Waals surface area contributed by atoms with E-state index in [1.54, 1.807) is 0 Å². The Morgan fingerprint density at radius 3 is 2.67 bits per heavy atom. The minimum Gasteiger partial charge on any atom is -0.457 e. The summed E-state index contributed by atoms with van der Waals surface area (Å²) in [7, 11) is 1.91. The van der Waals surface area contributed by atoms with Gasteiger partial charge in [0.15, 0.2) is 5.96 Å². The van der Waals surface area contributed by atoms with E-state index in [9.17, 15) is 9.90 Å². The van der Waals surface area contributed by atoms with Crippen molar-refractivity contribution < 1.29 is 14.6 Å². The van der Waals surface area contributed by atoms with E-state index in [0.29, 0.717) is 31.4 Å². The van der Waals surface area contributed by atoms with Crippen LogP contribution in [0.3, 0.4) is 0 Å². The molecule has 2 aromatic carbocycles. The summed E-state index contributed by atoms with van der Waals surface area (Å²) in [4.78, 5) is 21.1. The molecule has 1 fully saturated rings. The zero-order chi connectivity index (χ0) is 23.2. The maximum absolute atomic E-state index is 12.8. The molecular weight excluding hydrogens is 416 g/mol. The van der Waals surface area contributed by atoms with Gasteiger partial charge in [0.05, 0.1) is 18.3 Å². The highest BCUT2D eigenvalue weighted by Crippen LogP contribution is 2.32. The molecule has 0 unspecified atom stereocenters. The number of carbonyl (C=O) groups is 1. The summed E-state index contributed by atoms with van der Waals surface area (Å²) in [5.41, 5.74) is 8.03. The molecule has 4 rings (SSSR count). The predicted molar refractivity (Wildman–Crippen MR) is 130 cm³/mol. The molecule has 0 saturated heterocycles. The summed E-state index contributed by atoms with van der Waals surface area (Å²) in [5.74, 6) is 1.99. The number of hydrogen-bond acceptors (Lipinski definition) is 6. The maximum Gasteiger partial charge on any atom is 0.222 e. The molecule has 2 aromatic rings. The van der Waals surface area contributed by atoms with Crippen LogP contribution in [-0.4, -0.2) is 52.5 Å². The van der Waals surface area contributed by atoms with Crippen LogP contribution in [0.25, 0.3) is 0 Å². The number of nitrogens with two attached hydrogens (primary N) is 1. The van der Waals surface area contributed by atoms with Crippen LogP contribution in [-0.2, 0) is 11.3 Å². The second-order valence-electron chi connectivity index (χ2n) is 8.98. The lowest BCUT2D eigenvalue weighted by Crippen LogP contribution is -2.47. The van der Waals surface area contributed by atoms with Gasteiger partial charge < -0.3 is 25.4 Å². The SMILES string of the molecule is CN(C(=O)CC[C@@H](CO)N1Cc2cc(Oc3ccccc3)ccc2N=C1N)C1CCCCC1. The molecule has 1 aliphatic heterocycles. The van der Waals surface area contributed by atoms with E-state index >= 15 is 0 Å². The van der Waals surface area contributed by atoms with Gasteiger partial charge in [-0.1, -0.05) is 37.5 Å². The maximum atomic E-state index is 12.8. The van der Waals surface area contributed by atoms with Crippen molar-refractivity contribution in [3.63, 3.8) is 0 Å². The summed E-state index contributed by atoms with van der Waals surface area (Å²) in [6, 6.07) is 15.4. The van der Waals surface area contributed by atoms with Crippen molar-refractivity contribution in [2.24, 2.45) is 10.7 Å². The molecule has 1 atom stereocenters. The van der Waals surface area contributed by atoms with Crippen LogP contribution in [0.2, 0.25) is 0 Å². The molecule has 1 amide bonds. The highest BCUT2D eigenvalue weighted by atomic mass is 16.5. The van der Waals surface area contributed by atoms with Crippen LogP contribution in [0, 0.1) is 0 Å². The molecule has 1 saturated carbocycles. The van der Waals surface area contributed by atoms with Crippen molar-refractivity contribution in [3.05, 3.63) is 54.1 Å². The Bertz CT molecular complexity index is 973. The number of hydrogen-bond donors (Lipinski definition) is 2. The number of carbonyl (C=O) groups excluding carboxylic acids is 1. The number of aliphatic hydroxyl groups excluding tert-OH is 1. The molecule has 3 N–H and O–H groups in total. The molecule has 0 bridgehead atoms. The molecular formula is C26H34N4O3. The fraction of sp³-hybridized carbons (Fsp3) is 0.462. The Labute approximate surface area is 195 Å². The number of amides is 1. The summed E-state index contributed by atoms with van der Waals surface area (Å²) in [5, 5.41) is 10.1. The molecule has 1 heterocycles. The molecule has 176 valence electrons. The van der Waals surface area contributed by atoms with Crippen LogP contribution in [0.5, 0.6) is 11.5 Å². The number of nitrogens with zero attached hydrogens (tertiary/aromatic N) is 3. The number of benzene rings is 2. The minimum atomic E-state index is -0.274. The van der Waals surface area contributed by atoms with Gasteiger partial charge in [-0.15, -0.1) is 0 Å². The smallest absolute Gasteiger partial charge is 0.222 e. The standard InChI is InChI=1S/C26H34N4O3/c1-29(20-8-4-2-5-9-20)25(32)15-12-21(18-31)30-17-19-16-23(13-14-24(19)28-26(30)27)33-22-10-6-3-7-11-22/h3,6-7,10-11,13-14,16,20-21,31H,2,4-5,8-9,12,15,17-18H2,1H3,(H2,27,28)/t21-/m0/s1. The van der Waals surface area contributed by atoms with Gasteiger partial charge in [-0.25, -0.2) is 4.99 Å². The fourth-order valence-electron chi connectivity index (χ4n) is 4.74. The number of para-hydroxylation sites is 1. The lowest BCUT2D eigenvalue weighted by atomic mass is 9.94. The monoisotopic (exact) mass is 450 g/mol. The molecule has 0 aromatic heterocycles. The van der Waals surface area contributed by atoms with Crippen LogP contribution in [0.1, 0.15) is 50.5 Å². The summed E-state index contributed by atoms with van der Waals surface area (Å²) < 4.78 is 5.96. The predicted octanol–water partition coefficient (Wildman–Crippen LogP) is 4.17. The number of guanidine groups is 1. The Kier molecular flexibility index (Phi) is 7.50. The van der Waals surface area contributed by atoms with Crippen LogP contribution in [0.15, 0.2) is 53.5 Å². The largest absolute Gasteiger partial charge is 0.457 e. The number of aliphatic hydroxyl groups is 1. The first kappa shape index (κ1) is 23.1. The first-order valence-corrected chi connectivity index (χ1v) is 11.9. The Balaban J connectivity index is 1.40. The zero-order valence-corrected chi connectivity index (χ0v) is 19.3. The number of rotatable bonds is 8. The molecule has 2 aliphatic rings. The van der Waals surface area contributed by atoms with Crippen molar-refractivity contribution in [2.45, 2.75) is 63.6 Å². The van der Waals surface area contributed by atoms with Crippen LogP contribution in [0.4, 0.5) is 5.69 Å². The van der Waals surface area contributed by atoms with Crippen LogP contribution >= 0.6 is 0 Å². The van der Waals surface area contributed by atoms with Crippen molar-refractivity contribution >= 4 is 17.6 Å². The summed E-state index contributed by atoms with van der Waals surface area (Å²) in [6.07, 6.45) is 6.72. The van der Waals surface area contributed by atoms with Gasteiger partial charge in [0.2, 0.25) is 5.91 Å². The normalized spacial score (nSPS) is 17.2. The molecule has 0 spiro atoms. The Morgan fingerprint density at radius 2 is 1.94 bits per heavy atom. The van der Waals surface area contributed by atoms with Crippen molar-refractivity contribution in [1.82, 2.24) is 9.80 Å². The summed E-state index contributed by atoms with van der Waals surface area (Å²) >= 11 is 0. The van der Waals surface area contributed by atoms with Gasteiger partial charge in [0, 0.05) is 31.6 Å². The molecule has 0 radical (unpaired) electrons. The molecule has 33 heavy (non-hydrogen) atoms. The molecule has 7 nitrogen and oxygen atoms in total. The van der Waals surface area contributed by atoms with Gasteiger partial charge in [-0.3, -0.25) is 4.79 Å². The number of ether oxygens (including phenoxy) is 1. The topological polar surface area (TPSA) is 91.4 Å². The van der Waals surface area contributed by atoms with Crippen molar-refractivity contribution in [3.8, 4) is 11.5 Å². The third-order valence-electron chi connectivity index (χ3n) is 6.76. The molecule has 7 heteroatoms. The second kappa shape index (κ2) is 10.7. The fourth-order valence-corrected chi connectivity index (χ4v) is 4.74. The Hall–Kier alpha value is -3.06. The quantitative estimate of drug-likeness (QED) is 0.630. The van der Waals surface area contributed by atoms with Gasteiger partial charge in [0.25, 0.3) is 0 Å². The van der Waals surface area contributed by atoms with E-state index in [0.717, 1.165) is 35.6 Å². The highest BCUT2D eigenvalue weighted by molar-refractivity contribution is 5.84. The minimum absolute atomic E-state index is 0.0911. The average molecular weight is 451 g/mol. The number of fused-ring (bicyclic) bond motifs is 1. The van der Waals surface area contributed by atoms with Gasteiger partial charge in [-0.05, 0) is 49.6 Å². The Morgan fingerprint density at radius 1 is 1.18 bits per heavy atom. The van der Waals surface area contributed by atoms with E-state index in [2.05, 4.69) is 4.99 Å². The zero-order valence-electron chi connectivity index (χ0n) is 19.3. The third-order valence-corrected chi connectivity index (χ3v) is 6.76. The van der Waals surface area contributed by atoms with E-state index in [1.165, 1.54) is 19.3 Å². The van der Waals surface area contributed by atoms with Gasteiger partial charge >= 0.3 is 0 Å². The van der Waals surface area contributed by atoms with E-state index in [-0.39, 0.29) is 18.6 Å². The van der Waals surface area contributed by atoms with Crippen molar-refractivity contribution in [2.75, 3.05) is 13.7 Å². The van der Waals surface area contributed by atoms with Gasteiger partial charge in [0.1, 0.15) is 11.5 Å². The first-order chi connectivity index (χ1) is 16.0. The lowest BCUT2D eigenvalue weighted by molar-refractivity contribution is -0.132. The van der Waals surface area contributed by atoms with Crippen LogP contribution < -0.4 is 10.5 Å². The highest BCUT2D eigenvalue weighted by Gasteiger charge is 2.27. The van der Waals surface area contributed by atoms with Crippen molar-refractivity contribution in [1.29, 1.82) is 0 Å². The lowest BCUT2D eigenvalue weighted by Gasteiger charge is -2.35.